The molecule has 0 radical (unpaired) electrons. The molecule has 1 aromatic rings. The van der Waals surface area contributed by atoms with Gasteiger partial charge in [-0.05, 0) is 6.07 Å². The van der Waals surface area contributed by atoms with Crippen LogP contribution >= 0.6 is 12.4 Å². The molecule has 4 nitrogen and oxygen atoms in total. The molecular formula is C14H17ClF2N2O2. The molecule has 116 valence electrons. The number of halogens is 3. The van der Waals surface area contributed by atoms with Crippen LogP contribution < -0.4 is 5.32 Å². The lowest BCUT2D eigenvalue weighted by Gasteiger charge is -2.37. The molecule has 0 unspecified atom stereocenters. The molecule has 7 heteroatoms. The second kappa shape index (κ2) is 6.68. The number of rotatable bonds is 2. The third-order valence-corrected chi connectivity index (χ3v) is 3.89. The Morgan fingerprint density at radius 2 is 2.19 bits per heavy atom. The van der Waals surface area contributed by atoms with Gasteiger partial charge < -0.3 is 15.0 Å². The van der Waals surface area contributed by atoms with E-state index in [1.807, 2.05) is 0 Å². The van der Waals surface area contributed by atoms with Gasteiger partial charge in [-0.2, -0.15) is 0 Å². The molecule has 1 amide bonds. The lowest BCUT2D eigenvalue weighted by atomic mass is 10.1. The average Bonchev–Trinajstić information content (AvgIpc) is 2.92. The minimum Gasteiger partial charge on any atom is -0.373 e. The molecule has 2 aliphatic rings. The maximum Gasteiger partial charge on any atom is 0.227 e. The average molecular weight is 319 g/mol. The van der Waals surface area contributed by atoms with Gasteiger partial charge in [0.25, 0.3) is 0 Å². The van der Waals surface area contributed by atoms with Crippen molar-refractivity contribution in [1.29, 1.82) is 0 Å². The quantitative estimate of drug-likeness (QED) is 0.889. The topological polar surface area (TPSA) is 41.6 Å². The number of amides is 1. The Morgan fingerprint density at radius 3 is 3.00 bits per heavy atom. The number of hydrogen-bond acceptors (Lipinski definition) is 3. The van der Waals surface area contributed by atoms with Crippen molar-refractivity contribution in [3.63, 3.8) is 0 Å². The predicted molar refractivity (Wildman–Crippen MR) is 75.4 cm³/mol. The maximum absolute atomic E-state index is 13.6. The summed E-state index contributed by atoms with van der Waals surface area (Å²) in [6.45, 7) is 2.39. The fourth-order valence-corrected chi connectivity index (χ4v) is 2.85. The Labute approximate surface area is 127 Å². The van der Waals surface area contributed by atoms with Gasteiger partial charge in [-0.25, -0.2) is 8.78 Å². The lowest BCUT2D eigenvalue weighted by molar-refractivity contribution is -0.142. The number of ether oxygens (including phenoxy) is 1. The second-order valence-corrected chi connectivity index (χ2v) is 5.11. The van der Waals surface area contributed by atoms with Crippen molar-refractivity contribution in [2.24, 2.45) is 0 Å². The number of carbonyl (C=O) groups is 1. The second-order valence-electron chi connectivity index (χ2n) is 5.11. The van der Waals surface area contributed by atoms with Gasteiger partial charge in [-0.3, -0.25) is 4.79 Å². The van der Waals surface area contributed by atoms with Crippen molar-refractivity contribution >= 4 is 18.3 Å². The summed E-state index contributed by atoms with van der Waals surface area (Å²) in [4.78, 5) is 14.0. The van der Waals surface area contributed by atoms with Crippen molar-refractivity contribution in [2.75, 3.05) is 26.2 Å². The highest BCUT2D eigenvalue weighted by Crippen LogP contribution is 2.20. The molecule has 0 aliphatic carbocycles. The fourth-order valence-electron chi connectivity index (χ4n) is 2.85. The molecule has 2 saturated heterocycles. The maximum atomic E-state index is 13.6. The van der Waals surface area contributed by atoms with Crippen molar-refractivity contribution in [2.45, 2.75) is 18.6 Å². The van der Waals surface area contributed by atoms with E-state index in [2.05, 4.69) is 5.32 Å². The van der Waals surface area contributed by atoms with Crippen LogP contribution in [0.25, 0.3) is 0 Å². The number of hydrogen-bond donors (Lipinski definition) is 1. The SMILES string of the molecule is Cl.O=C(Cc1cccc(F)c1F)N1CCO[C@H]2CNC[C@H]21. The Bertz CT molecular complexity index is 530. The highest BCUT2D eigenvalue weighted by molar-refractivity contribution is 5.85. The van der Waals surface area contributed by atoms with Crippen LogP contribution in [0.3, 0.4) is 0 Å². The lowest BCUT2D eigenvalue weighted by Crippen LogP contribution is -2.53. The molecular weight excluding hydrogens is 302 g/mol. The number of nitrogens with one attached hydrogen (secondary N) is 1. The Balaban J connectivity index is 0.00000161. The first kappa shape index (κ1) is 16.1. The van der Waals surface area contributed by atoms with E-state index in [1.54, 1.807) is 4.90 Å². The van der Waals surface area contributed by atoms with Crippen LogP contribution in [-0.4, -0.2) is 49.2 Å². The first-order valence-corrected chi connectivity index (χ1v) is 6.71. The number of carbonyl (C=O) groups excluding carboxylic acids is 1. The van der Waals surface area contributed by atoms with Crippen LogP contribution in [0.4, 0.5) is 8.78 Å². The first-order valence-electron chi connectivity index (χ1n) is 6.71. The Hall–Kier alpha value is -1.24. The van der Waals surface area contributed by atoms with Gasteiger partial charge in [-0.1, -0.05) is 12.1 Å². The van der Waals surface area contributed by atoms with Crippen molar-refractivity contribution < 1.29 is 18.3 Å². The monoisotopic (exact) mass is 318 g/mol. The minimum absolute atomic E-state index is 0. The standard InChI is InChI=1S/C14H16F2N2O2.ClH/c15-10-3-1-2-9(14(10)16)6-13(19)18-4-5-20-12-8-17-7-11(12)18;/h1-3,11-12,17H,4-8H2;1H/t11-,12+;/m1./s1. The van der Waals surface area contributed by atoms with Crippen LogP contribution in [0.1, 0.15) is 5.56 Å². The zero-order valence-corrected chi connectivity index (χ0v) is 12.2. The van der Waals surface area contributed by atoms with E-state index in [1.165, 1.54) is 12.1 Å². The van der Waals surface area contributed by atoms with Gasteiger partial charge >= 0.3 is 0 Å². The molecule has 0 aromatic heterocycles. The molecule has 0 saturated carbocycles. The number of fused-ring (bicyclic) bond motifs is 1. The van der Waals surface area contributed by atoms with Crippen molar-refractivity contribution in [3.05, 3.63) is 35.4 Å². The summed E-state index contributed by atoms with van der Waals surface area (Å²) in [6, 6.07) is 3.91. The van der Waals surface area contributed by atoms with Crippen LogP contribution in [0, 0.1) is 11.6 Å². The fraction of sp³-hybridized carbons (Fsp3) is 0.500. The molecule has 0 spiro atoms. The molecule has 2 heterocycles. The Morgan fingerprint density at radius 1 is 1.38 bits per heavy atom. The number of benzene rings is 1. The van der Waals surface area contributed by atoms with Gasteiger partial charge in [0, 0.05) is 25.2 Å². The van der Waals surface area contributed by atoms with E-state index in [4.69, 9.17) is 4.74 Å². The summed E-state index contributed by atoms with van der Waals surface area (Å²) in [5, 5.41) is 3.18. The van der Waals surface area contributed by atoms with Crippen molar-refractivity contribution in [3.8, 4) is 0 Å². The summed E-state index contributed by atoms with van der Waals surface area (Å²) in [5.41, 5.74) is 0.101. The van der Waals surface area contributed by atoms with E-state index in [0.29, 0.717) is 19.7 Å². The highest BCUT2D eigenvalue weighted by atomic mass is 35.5. The van der Waals surface area contributed by atoms with Gasteiger partial charge in [0.2, 0.25) is 5.91 Å². The number of nitrogens with zero attached hydrogens (tertiary/aromatic N) is 1. The molecule has 1 N–H and O–H groups in total. The van der Waals surface area contributed by atoms with Crippen LogP contribution in [0.15, 0.2) is 18.2 Å². The highest BCUT2D eigenvalue weighted by Gasteiger charge is 2.38. The van der Waals surface area contributed by atoms with E-state index in [-0.39, 0.29) is 42.4 Å². The van der Waals surface area contributed by atoms with Gasteiger partial charge in [-0.15, -0.1) is 12.4 Å². The molecule has 3 rings (SSSR count). The minimum atomic E-state index is -0.935. The third-order valence-electron chi connectivity index (χ3n) is 3.89. The summed E-state index contributed by atoms with van der Waals surface area (Å²) in [6.07, 6.45) is -0.114. The van der Waals surface area contributed by atoms with Gasteiger partial charge in [0.05, 0.1) is 25.2 Å². The zero-order valence-electron chi connectivity index (χ0n) is 11.4. The predicted octanol–water partition coefficient (Wildman–Crippen LogP) is 1.13. The van der Waals surface area contributed by atoms with E-state index < -0.39 is 11.6 Å². The van der Waals surface area contributed by atoms with Gasteiger partial charge in [0.15, 0.2) is 11.6 Å². The number of morpholine rings is 1. The third kappa shape index (κ3) is 3.17. The Kier molecular flexibility index (Phi) is 5.13. The molecule has 1 aromatic carbocycles. The summed E-state index contributed by atoms with van der Waals surface area (Å²) >= 11 is 0. The van der Waals surface area contributed by atoms with Crippen LogP contribution in [0.2, 0.25) is 0 Å². The molecule has 2 aliphatic heterocycles. The van der Waals surface area contributed by atoms with E-state index in [9.17, 15) is 13.6 Å². The molecule has 2 atom stereocenters. The summed E-state index contributed by atoms with van der Waals surface area (Å²) in [5.74, 6) is -2.04. The summed E-state index contributed by atoms with van der Waals surface area (Å²) in [7, 11) is 0. The normalized spacial score (nSPS) is 24.4. The van der Waals surface area contributed by atoms with E-state index in [0.717, 1.165) is 12.6 Å². The zero-order chi connectivity index (χ0) is 14.1. The largest absolute Gasteiger partial charge is 0.373 e. The van der Waals surface area contributed by atoms with Crippen LogP contribution in [0.5, 0.6) is 0 Å². The van der Waals surface area contributed by atoms with E-state index >= 15 is 0 Å². The van der Waals surface area contributed by atoms with Crippen molar-refractivity contribution in [1.82, 2.24) is 10.2 Å². The molecule has 0 bridgehead atoms. The molecule has 21 heavy (non-hydrogen) atoms. The molecule has 2 fully saturated rings. The van der Waals surface area contributed by atoms with Gasteiger partial charge in [0.1, 0.15) is 0 Å². The summed E-state index contributed by atoms with van der Waals surface area (Å²) < 4.78 is 32.4. The smallest absolute Gasteiger partial charge is 0.227 e. The van der Waals surface area contributed by atoms with Crippen LogP contribution in [-0.2, 0) is 16.0 Å². The first-order chi connectivity index (χ1) is 9.66.